The Labute approximate surface area is 148 Å². The van der Waals surface area contributed by atoms with Gasteiger partial charge in [-0.3, -0.25) is 0 Å². The lowest BCUT2D eigenvalue weighted by molar-refractivity contribution is 0.600. The minimum Gasteiger partial charge on any atom is -0.588 e. The van der Waals surface area contributed by atoms with Crippen LogP contribution in [0.15, 0.2) is 59.6 Å². The van der Waals surface area contributed by atoms with Gasteiger partial charge in [0.2, 0.25) is 4.90 Å². The second-order valence-corrected chi connectivity index (χ2v) is 6.69. The Morgan fingerprint density at radius 2 is 1.92 bits per heavy atom. The predicted octanol–water partition coefficient (Wildman–Crippen LogP) is 3.82. The number of nitrogens with zero attached hydrogens (tertiary/aromatic N) is 2. The van der Waals surface area contributed by atoms with Crippen LogP contribution in [0.2, 0.25) is 5.02 Å². The topological polar surface area (TPSA) is 86.9 Å². The van der Waals surface area contributed by atoms with Crippen LogP contribution in [0.5, 0.6) is 0 Å². The zero-order chi connectivity index (χ0) is 17.1. The maximum atomic E-state index is 12.4. The van der Waals surface area contributed by atoms with Gasteiger partial charge in [-0.1, -0.05) is 35.9 Å². The van der Waals surface area contributed by atoms with Gasteiger partial charge in [0.1, 0.15) is 11.4 Å². The van der Waals surface area contributed by atoms with Crippen LogP contribution in [-0.4, -0.2) is 14.5 Å². The molecule has 3 aromatic rings. The molecule has 0 aliphatic rings. The summed E-state index contributed by atoms with van der Waals surface area (Å²) in [4.78, 5) is 8.85. The maximum absolute atomic E-state index is 12.4. The van der Waals surface area contributed by atoms with E-state index in [1.807, 2.05) is 31.2 Å². The lowest BCUT2D eigenvalue weighted by Gasteiger charge is -2.13. The van der Waals surface area contributed by atoms with Crippen LogP contribution in [0.4, 0.5) is 11.6 Å². The van der Waals surface area contributed by atoms with Crippen LogP contribution >= 0.6 is 11.6 Å². The SMILES string of the molecule is Cc1ccccc1-c1nc(N[S+]([O-])c2cccnc2N)ccc1Cl. The summed E-state index contributed by atoms with van der Waals surface area (Å²) in [7, 11) is 0. The average Bonchev–Trinajstić information content (AvgIpc) is 2.57. The third-order valence-corrected chi connectivity index (χ3v) is 4.89. The number of benzene rings is 1. The molecule has 0 bridgehead atoms. The molecule has 0 fully saturated rings. The Morgan fingerprint density at radius 3 is 2.67 bits per heavy atom. The summed E-state index contributed by atoms with van der Waals surface area (Å²) in [6.07, 6.45) is 1.55. The second-order valence-electron chi connectivity index (χ2n) is 5.10. The van der Waals surface area contributed by atoms with Crippen molar-refractivity contribution in [2.75, 3.05) is 10.5 Å². The van der Waals surface area contributed by atoms with Gasteiger partial charge in [-0.15, -0.1) is 0 Å². The third kappa shape index (κ3) is 3.46. The molecule has 0 saturated heterocycles. The van der Waals surface area contributed by atoms with Crippen LogP contribution in [0.3, 0.4) is 0 Å². The summed E-state index contributed by atoms with van der Waals surface area (Å²) < 4.78 is 15.3. The molecule has 1 atom stereocenters. The van der Waals surface area contributed by atoms with Gasteiger partial charge >= 0.3 is 0 Å². The Balaban J connectivity index is 1.92. The van der Waals surface area contributed by atoms with Gasteiger partial charge < -0.3 is 10.3 Å². The molecule has 0 amide bonds. The zero-order valence-corrected chi connectivity index (χ0v) is 14.4. The molecule has 0 aliphatic heterocycles. The van der Waals surface area contributed by atoms with E-state index in [1.54, 1.807) is 30.5 Å². The fraction of sp³-hybridized carbons (Fsp3) is 0.0588. The Kier molecular flexibility index (Phi) is 4.89. The quantitative estimate of drug-likeness (QED) is 0.692. The van der Waals surface area contributed by atoms with Crippen LogP contribution in [0.1, 0.15) is 5.56 Å². The number of aryl methyl sites for hydroxylation is 1. The van der Waals surface area contributed by atoms with Gasteiger partial charge in [-0.2, -0.15) is 4.72 Å². The van der Waals surface area contributed by atoms with Crippen molar-refractivity contribution in [1.29, 1.82) is 0 Å². The number of nitrogens with one attached hydrogen (secondary N) is 1. The second kappa shape index (κ2) is 7.09. The van der Waals surface area contributed by atoms with Gasteiger partial charge in [-0.05, 0) is 30.7 Å². The number of rotatable bonds is 4. The number of aromatic nitrogens is 2. The summed E-state index contributed by atoms with van der Waals surface area (Å²) >= 11 is 4.72. The highest BCUT2D eigenvalue weighted by atomic mass is 35.5. The lowest BCUT2D eigenvalue weighted by atomic mass is 10.1. The van der Waals surface area contributed by atoms with Crippen molar-refractivity contribution < 1.29 is 4.55 Å². The Bertz CT molecular complexity index is 875. The highest BCUT2D eigenvalue weighted by molar-refractivity contribution is 7.92. The number of halogens is 1. The minimum atomic E-state index is -1.57. The van der Waals surface area contributed by atoms with E-state index in [-0.39, 0.29) is 5.82 Å². The van der Waals surface area contributed by atoms with Crippen molar-refractivity contribution in [3.8, 4) is 11.3 Å². The van der Waals surface area contributed by atoms with E-state index in [0.29, 0.717) is 21.4 Å². The number of hydrogen-bond acceptors (Lipinski definition) is 5. The summed E-state index contributed by atoms with van der Waals surface area (Å²) in [5, 5.41) is 0.529. The zero-order valence-electron chi connectivity index (χ0n) is 12.9. The molecular formula is C17H15ClN4OS. The van der Waals surface area contributed by atoms with Gasteiger partial charge in [0, 0.05) is 17.8 Å². The molecule has 122 valence electrons. The molecule has 3 N–H and O–H groups in total. The number of anilines is 2. The minimum absolute atomic E-state index is 0.219. The van der Waals surface area contributed by atoms with E-state index in [0.717, 1.165) is 11.1 Å². The van der Waals surface area contributed by atoms with Crippen molar-refractivity contribution >= 4 is 34.6 Å². The molecule has 2 aromatic heterocycles. The maximum Gasteiger partial charge on any atom is 0.221 e. The van der Waals surface area contributed by atoms with Crippen molar-refractivity contribution in [2.45, 2.75) is 11.8 Å². The van der Waals surface area contributed by atoms with E-state index in [2.05, 4.69) is 14.7 Å². The number of nitrogen functional groups attached to an aromatic ring is 1. The van der Waals surface area contributed by atoms with Crippen LogP contribution < -0.4 is 10.5 Å². The molecule has 24 heavy (non-hydrogen) atoms. The Hall–Kier alpha value is -2.28. The fourth-order valence-electron chi connectivity index (χ4n) is 2.24. The lowest BCUT2D eigenvalue weighted by Crippen LogP contribution is -2.16. The van der Waals surface area contributed by atoms with E-state index in [1.165, 1.54) is 0 Å². The molecule has 7 heteroatoms. The smallest absolute Gasteiger partial charge is 0.221 e. The number of hydrogen-bond donors (Lipinski definition) is 2. The Morgan fingerprint density at radius 1 is 1.12 bits per heavy atom. The number of pyridine rings is 2. The molecule has 0 aliphatic carbocycles. The first-order chi connectivity index (χ1) is 11.6. The van der Waals surface area contributed by atoms with Gasteiger partial charge in [-0.25, -0.2) is 9.97 Å². The largest absolute Gasteiger partial charge is 0.588 e. The highest BCUT2D eigenvalue weighted by Gasteiger charge is 2.18. The molecule has 0 radical (unpaired) electrons. The normalized spacial score (nSPS) is 12.0. The summed E-state index contributed by atoms with van der Waals surface area (Å²) in [6.45, 7) is 1.99. The molecule has 1 unspecified atom stereocenters. The van der Waals surface area contributed by atoms with Crippen molar-refractivity contribution in [1.82, 2.24) is 9.97 Å². The summed E-state index contributed by atoms with van der Waals surface area (Å²) in [6, 6.07) is 14.6. The van der Waals surface area contributed by atoms with E-state index in [9.17, 15) is 4.55 Å². The molecular weight excluding hydrogens is 344 g/mol. The highest BCUT2D eigenvalue weighted by Crippen LogP contribution is 2.30. The predicted molar refractivity (Wildman–Crippen MR) is 98.1 cm³/mol. The van der Waals surface area contributed by atoms with E-state index >= 15 is 0 Å². The standard InChI is InChI=1S/C17H15ClN4OS/c1-11-5-2-3-6-12(11)16-13(18)8-9-15(21-16)22-24(23)14-7-4-10-20-17(14)19/h2-10H,1H3,(H2,19,20)(H,21,22). The van der Waals surface area contributed by atoms with Gasteiger partial charge in [0.25, 0.3) is 0 Å². The first kappa shape index (κ1) is 16.6. The van der Waals surface area contributed by atoms with Gasteiger partial charge in [0.05, 0.1) is 10.7 Å². The fourth-order valence-corrected chi connectivity index (χ4v) is 3.30. The van der Waals surface area contributed by atoms with E-state index < -0.39 is 11.4 Å². The third-order valence-electron chi connectivity index (χ3n) is 3.44. The van der Waals surface area contributed by atoms with E-state index in [4.69, 9.17) is 17.3 Å². The summed E-state index contributed by atoms with van der Waals surface area (Å²) in [5.74, 6) is 0.663. The first-order valence-electron chi connectivity index (χ1n) is 7.17. The molecule has 5 nitrogen and oxygen atoms in total. The molecule has 0 saturated carbocycles. The molecule has 3 rings (SSSR count). The van der Waals surface area contributed by atoms with Crippen LogP contribution in [0.25, 0.3) is 11.3 Å². The van der Waals surface area contributed by atoms with Crippen LogP contribution in [0, 0.1) is 6.92 Å². The van der Waals surface area contributed by atoms with Gasteiger partial charge in [0.15, 0.2) is 11.6 Å². The van der Waals surface area contributed by atoms with Crippen molar-refractivity contribution in [3.63, 3.8) is 0 Å². The van der Waals surface area contributed by atoms with Crippen molar-refractivity contribution in [2.24, 2.45) is 0 Å². The summed E-state index contributed by atoms with van der Waals surface area (Å²) in [5.41, 5.74) is 8.38. The molecule has 1 aromatic carbocycles. The molecule has 0 spiro atoms. The van der Waals surface area contributed by atoms with Crippen molar-refractivity contribution in [3.05, 3.63) is 65.3 Å². The number of nitrogens with two attached hydrogens (primary N) is 1. The van der Waals surface area contributed by atoms with Crippen LogP contribution in [-0.2, 0) is 11.4 Å². The monoisotopic (exact) mass is 358 g/mol. The first-order valence-corrected chi connectivity index (χ1v) is 8.70. The molecule has 2 heterocycles. The average molecular weight is 359 g/mol.